The summed E-state index contributed by atoms with van der Waals surface area (Å²) in [6, 6.07) is 9.12. The van der Waals surface area contributed by atoms with Crippen molar-refractivity contribution in [3.63, 3.8) is 0 Å². The SMILES string of the molecule is COCC1CCC(c2ccc(Br)cc2)NC1. The summed E-state index contributed by atoms with van der Waals surface area (Å²) in [5.41, 5.74) is 1.39. The highest BCUT2D eigenvalue weighted by Gasteiger charge is 2.21. The molecule has 1 N–H and O–H groups in total. The van der Waals surface area contributed by atoms with Crippen LogP contribution in [0.2, 0.25) is 0 Å². The van der Waals surface area contributed by atoms with Gasteiger partial charge in [0.2, 0.25) is 0 Å². The van der Waals surface area contributed by atoms with Crippen LogP contribution in [0.15, 0.2) is 28.7 Å². The second-order valence-corrected chi connectivity index (χ2v) is 5.33. The highest BCUT2D eigenvalue weighted by Crippen LogP contribution is 2.26. The zero-order chi connectivity index (χ0) is 11.4. The highest BCUT2D eigenvalue weighted by molar-refractivity contribution is 9.10. The van der Waals surface area contributed by atoms with E-state index in [2.05, 4.69) is 45.5 Å². The molecule has 2 atom stereocenters. The molecule has 2 nitrogen and oxygen atoms in total. The fraction of sp³-hybridized carbons (Fsp3) is 0.538. The molecule has 0 spiro atoms. The van der Waals surface area contributed by atoms with Gasteiger partial charge in [0, 0.05) is 24.2 Å². The Morgan fingerprint density at radius 2 is 2.06 bits per heavy atom. The van der Waals surface area contributed by atoms with E-state index in [1.54, 1.807) is 7.11 Å². The molecule has 16 heavy (non-hydrogen) atoms. The number of nitrogens with one attached hydrogen (secondary N) is 1. The molecule has 0 aliphatic carbocycles. The van der Waals surface area contributed by atoms with Crippen molar-refractivity contribution in [2.75, 3.05) is 20.3 Å². The predicted octanol–water partition coefficient (Wildman–Crippen LogP) is 3.14. The Balaban J connectivity index is 1.91. The molecule has 88 valence electrons. The fourth-order valence-corrected chi connectivity index (χ4v) is 2.54. The molecule has 0 bridgehead atoms. The maximum atomic E-state index is 5.19. The van der Waals surface area contributed by atoms with Crippen molar-refractivity contribution in [3.8, 4) is 0 Å². The smallest absolute Gasteiger partial charge is 0.0502 e. The van der Waals surface area contributed by atoms with E-state index in [1.807, 2.05) is 0 Å². The van der Waals surface area contributed by atoms with Crippen LogP contribution in [0.4, 0.5) is 0 Å². The summed E-state index contributed by atoms with van der Waals surface area (Å²) in [4.78, 5) is 0. The van der Waals surface area contributed by atoms with Gasteiger partial charge in [0.1, 0.15) is 0 Å². The van der Waals surface area contributed by atoms with Crippen LogP contribution in [0.1, 0.15) is 24.4 Å². The Kier molecular flexibility index (Phi) is 4.38. The fourth-order valence-electron chi connectivity index (χ4n) is 2.27. The maximum absolute atomic E-state index is 5.19. The zero-order valence-corrected chi connectivity index (χ0v) is 11.2. The second-order valence-electron chi connectivity index (χ2n) is 4.41. The minimum absolute atomic E-state index is 0.515. The van der Waals surface area contributed by atoms with Crippen LogP contribution in [0, 0.1) is 5.92 Å². The molecule has 3 heteroatoms. The third-order valence-corrected chi connectivity index (χ3v) is 3.72. The van der Waals surface area contributed by atoms with Crippen molar-refractivity contribution < 1.29 is 4.74 Å². The van der Waals surface area contributed by atoms with E-state index in [9.17, 15) is 0 Å². The van der Waals surface area contributed by atoms with Crippen molar-refractivity contribution in [1.82, 2.24) is 5.32 Å². The Morgan fingerprint density at radius 1 is 1.31 bits per heavy atom. The molecular weight excluding hydrogens is 266 g/mol. The van der Waals surface area contributed by atoms with Crippen LogP contribution < -0.4 is 5.32 Å². The van der Waals surface area contributed by atoms with E-state index in [1.165, 1.54) is 18.4 Å². The topological polar surface area (TPSA) is 21.3 Å². The average Bonchev–Trinajstić information content (AvgIpc) is 2.32. The van der Waals surface area contributed by atoms with Crippen molar-refractivity contribution >= 4 is 15.9 Å². The van der Waals surface area contributed by atoms with Gasteiger partial charge in [0.15, 0.2) is 0 Å². The van der Waals surface area contributed by atoms with E-state index in [0.717, 1.165) is 17.6 Å². The quantitative estimate of drug-likeness (QED) is 0.920. The lowest BCUT2D eigenvalue weighted by molar-refractivity contribution is 0.129. The molecule has 1 heterocycles. The number of hydrogen-bond donors (Lipinski definition) is 1. The standard InChI is InChI=1S/C13H18BrNO/c1-16-9-10-2-7-13(15-8-10)11-3-5-12(14)6-4-11/h3-6,10,13,15H,2,7-9H2,1H3. The van der Waals surface area contributed by atoms with Crippen LogP contribution >= 0.6 is 15.9 Å². The third-order valence-electron chi connectivity index (χ3n) is 3.19. The molecular formula is C13H18BrNO. The van der Waals surface area contributed by atoms with Gasteiger partial charge in [0.05, 0.1) is 6.61 Å². The van der Waals surface area contributed by atoms with Crippen molar-refractivity contribution in [2.45, 2.75) is 18.9 Å². The summed E-state index contributed by atoms with van der Waals surface area (Å²) in [5.74, 6) is 0.677. The molecule has 1 saturated heterocycles. The summed E-state index contributed by atoms with van der Waals surface area (Å²) in [5, 5.41) is 3.59. The minimum atomic E-state index is 0.515. The van der Waals surface area contributed by atoms with Gasteiger partial charge in [-0.25, -0.2) is 0 Å². The van der Waals surface area contributed by atoms with Gasteiger partial charge in [-0.05, 0) is 36.5 Å². The molecule has 1 aromatic rings. The largest absolute Gasteiger partial charge is 0.384 e. The Labute approximate surface area is 106 Å². The van der Waals surface area contributed by atoms with Gasteiger partial charge in [-0.15, -0.1) is 0 Å². The van der Waals surface area contributed by atoms with Crippen LogP contribution in [0.3, 0.4) is 0 Å². The molecule has 1 aliphatic rings. The van der Waals surface area contributed by atoms with Gasteiger partial charge in [-0.1, -0.05) is 28.1 Å². The van der Waals surface area contributed by atoms with Crippen LogP contribution in [0.5, 0.6) is 0 Å². The monoisotopic (exact) mass is 283 g/mol. The first-order valence-corrected chi connectivity index (χ1v) is 6.56. The summed E-state index contributed by atoms with van der Waals surface area (Å²) < 4.78 is 6.33. The minimum Gasteiger partial charge on any atom is -0.384 e. The molecule has 0 saturated carbocycles. The van der Waals surface area contributed by atoms with Crippen molar-refractivity contribution in [2.24, 2.45) is 5.92 Å². The first-order chi connectivity index (χ1) is 7.79. The highest BCUT2D eigenvalue weighted by atomic mass is 79.9. The number of benzene rings is 1. The first-order valence-electron chi connectivity index (χ1n) is 5.77. The molecule has 1 fully saturated rings. The lowest BCUT2D eigenvalue weighted by atomic mass is 9.91. The zero-order valence-electron chi connectivity index (χ0n) is 9.58. The summed E-state index contributed by atoms with van der Waals surface area (Å²) in [6.45, 7) is 1.94. The molecule has 1 aliphatic heterocycles. The van der Waals surface area contributed by atoms with E-state index < -0.39 is 0 Å². The number of halogens is 1. The summed E-state index contributed by atoms with van der Waals surface area (Å²) >= 11 is 3.46. The molecule has 0 amide bonds. The average molecular weight is 284 g/mol. The van der Waals surface area contributed by atoms with Crippen molar-refractivity contribution in [3.05, 3.63) is 34.3 Å². The number of rotatable bonds is 3. The Hall–Kier alpha value is -0.380. The third kappa shape index (κ3) is 3.06. The lowest BCUT2D eigenvalue weighted by Crippen LogP contribution is -2.35. The van der Waals surface area contributed by atoms with Crippen molar-refractivity contribution in [1.29, 1.82) is 0 Å². The normalized spacial score (nSPS) is 25.6. The number of piperidine rings is 1. The van der Waals surface area contributed by atoms with Gasteiger partial charge < -0.3 is 10.1 Å². The molecule has 1 aromatic carbocycles. The Bertz CT molecular complexity index is 317. The number of methoxy groups -OCH3 is 1. The lowest BCUT2D eigenvalue weighted by Gasteiger charge is -2.29. The molecule has 2 unspecified atom stereocenters. The molecule has 0 aromatic heterocycles. The summed E-state index contributed by atoms with van der Waals surface area (Å²) in [6.07, 6.45) is 2.46. The van der Waals surface area contributed by atoms with Gasteiger partial charge >= 0.3 is 0 Å². The Morgan fingerprint density at radius 3 is 2.62 bits per heavy atom. The van der Waals surface area contributed by atoms with E-state index in [-0.39, 0.29) is 0 Å². The van der Waals surface area contributed by atoms with Crippen LogP contribution in [-0.4, -0.2) is 20.3 Å². The van der Waals surface area contributed by atoms with Crippen LogP contribution in [0.25, 0.3) is 0 Å². The number of ether oxygens (including phenoxy) is 1. The van der Waals surface area contributed by atoms with Gasteiger partial charge in [-0.3, -0.25) is 0 Å². The molecule has 2 rings (SSSR count). The van der Waals surface area contributed by atoms with E-state index in [0.29, 0.717) is 12.0 Å². The summed E-state index contributed by atoms with van der Waals surface area (Å²) in [7, 11) is 1.78. The van der Waals surface area contributed by atoms with Gasteiger partial charge in [-0.2, -0.15) is 0 Å². The first kappa shape index (κ1) is 12.1. The van der Waals surface area contributed by atoms with Gasteiger partial charge in [0.25, 0.3) is 0 Å². The second kappa shape index (κ2) is 5.80. The van der Waals surface area contributed by atoms with E-state index >= 15 is 0 Å². The van der Waals surface area contributed by atoms with E-state index in [4.69, 9.17) is 4.74 Å². The number of hydrogen-bond acceptors (Lipinski definition) is 2. The predicted molar refractivity (Wildman–Crippen MR) is 69.5 cm³/mol. The maximum Gasteiger partial charge on any atom is 0.0502 e. The molecule has 0 radical (unpaired) electrons. The van der Waals surface area contributed by atoms with Crippen LogP contribution in [-0.2, 0) is 4.74 Å².